The highest BCUT2D eigenvalue weighted by atomic mass is 19.3. The lowest BCUT2D eigenvalue weighted by Gasteiger charge is -2.07. The molecule has 0 saturated heterocycles. The van der Waals surface area contributed by atoms with Crippen LogP contribution in [0.4, 0.5) is 8.78 Å². The third-order valence-electron chi connectivity index (χ3n) is 3.68. The number of hydrogen-bond donors (Lipinski definition) is 2. The van der Waals surface area contributed by atoms with Crippen LogP contribution in [0, 0.1) is 0 Å². The molecule has 0 bridgehead atoms. The molecule has 0 heterocycles. The van der Waals surface area contributed by atoms with Gasteiger partial charge in [0.1, 0.15) is 0 Å². The zero-order valence-corrected chi connectivity index (χ0v) is 15.3. The van der Waals surface area contributed by atoms with Crippen LogP contribution in [0.25, 0.3) is 12.2 Å². The molecule has 2 aromatic rings. The standard InChI is InChI=1S/C21H18F2O6/c1-28-19-10-13(4-8-17(19)26)2-6-15(24)12-16(25)7-3-14-5-9-18(27)20(11-14)29-21(22)23/h2-11,21,26-27H,12H2,1H3. The second kappa shape index (κ2) is 10.0. The molecule has 0 aromatic heterocycles. The van der Waals surface area contributed by atoms with Gasteiger partial charge in [0.2, 0.25) is 0 Å². The van der Waals surface area contributed by atoms with Crippen molar-refractivity contribution in [1.82, 2.24) is 0 Å². The van der Waals surface area contributed by atoms with Crippen molar-refractivity contribution in [2.24, 2.45) is 0 Å². The molecule has 8 heteroatoms. The minimum absolute atomic E-state index is 0.0346. The molecule has 0 atom stereocenters. The number of carbonyl (C=O) groups excluding carboxylic acids is 2. The van der Waals surface area contributed by atoms with Gasteiger partial charge in [-0.25, -0.2) is 0 Å². The van der Waals surface area contributed by atoms with Crippen molar-refractivity contribution in [3.63, 3.8) is 0 Å². The second-order valence-corrected chi connectivity index (χ2v) is 5.81. The van der Waals surface area contributed by atoms with Crippen LogP contribution in [-0.2, 0) is 9.59 Å². The average Bonchev–Trinajstić information content (AvgIpc) is 2.67. The summed E-state index contributed by atoms with van der Waals surface area (Å²) in [6.07, 6.45) is 4.78. The summed E-state index contributed by atoms with van der Waals surface area (Å²) >= 11 is 0. The van der Waals surface area contributed by atoms with Gasteiger partial charge < -0.3 is 19.7 Å². The first-order valence-electron chi connectivity index (χ1n) is 8.35. The Hall–Kier alpha value is -3.68. The van der Waals surface area contributed by atoms with E-state index in [1.807, 2.05) is 0 Å². The molecule has 0 saturated carbocycles. The number of phenolic OH excluding ortho intramolecular Hbond substituents is 2. The molecule has 29 heavy (non-hydrogen) atoms. The van der Waals surface area contributed by atoms with Crippen molar-refractivity contribution >= 4 is 23.7 Å². The Morgan fingerprint density at radius 2 is 1.41 bits per heavy atom. The predicted molar refractivity (Wildman–Crippen MR) is 102 cm³/mol. The molecule has 0 spiro atoms. The highest BCUT2D eigenvalue weighted by molar-refractivity contribution is 6.10. The van der Waals surface area contributed by atoms with Crippen molar-refractivity contribution in [2.45, 2.75) is 13.0 Å². The maximum atomic E-state index is 12.3. The number of ketones is 2. The quantitative estimate of drug-likeness (QED) is 0.485. The fourth-order valence-corrected chi connectivity index (χ4v) is 2.29. The van der Waals surface area contributed by atoms with Crippen LogP contribution in [0.2, 0.25) is 0 Å². The Morgan fingerprint density at radius 1 is 0.931 bits per heavy atom. The van der Waals surface area contributed by atoms with E-state index in [0.717, 1.165) is 18.2 Å². The van der Waals surface area contributed by atoms with Gasteiger partial charge in [0.15, 0.2) is 34.6 Å². The summed E-state index contributed by atoms with van der Waals surface area (Å²) in [7, 11) is 1.40. The number of methoxy groups -OCH3 is 1. The molecule has 2 aromatic carbocycles. The van der Waals surface area contributed by atoms with E-state index in [4.69, 9.17) is 4.74 Å². The van der Waals surface area contributed by atoms with Crippen LogP contribution in [0.1, 0.15) is 17.5 Å². The molecule has 0 amide bonds. The number of hydrogen-bond acceptors (Lipinski definition) is 6. The van der Waals surface area contributed by atoms with Gasteiger partial charge in [-0.1, -0.05) is 24.3 Å². The fourth-order valence-electron chi connectivity index (χ4n) is 2.29. The monoisotopic (exact) mass is 404 g/mol. The summed E-state index contributed by atoms with van der Waals surface area (Å²) in [5.74, 6) is -1.60. The largest absolute Gasteiger partial charge is 0.504 e. The summed E-state index contributed by atoms with van der Waals surface area (Å²) in [4.78, 5) is 23.8. The molecule has 0 aliphatic heterocycles. The summed E-state index contributed by atoms with van der Waals surface area (Å²) in [5, 5.41) is 19.0. The lowest BCUT2D eigenvalue weighted by atomic mass is 10.1. The summed E-state index contributed by atoms with van der Waals surface area (Å²) in [6, 6.07) is 8.22. The molecular weight excluding hydrogens is 386 g/mol. The first-order valence-corrected chi connectivity index (χ1v) is 8.35. The number of phenols is 2. The Balaban J connectivity index is 1.97. The summed E-state index contributed by atoms with van der Waals surface area (Å²) in [6.45, 7) is -3.10. The van der Waals surface area contributed by atoms with E-state index in [2.05, 4.69) is 4.74 Å². The van der Waals surface area contributed by atoms with Crippen molar-refractivity contribution in [3.8, 4) is 23.0 Å². The minimum atomic E-state index is -3.10. The van der Waals surface area contributed by atoms with E-state index >= 15 is 0 Å². The molecule has 0 aliphatic carbocycles. The maximum Gasteiger partial charge on any atom is 0.387 e. The molecule has 2 N–H and O–H groups in total. The van der Waals surface area contributed by atoms with E-state index in [9.17, 15) is 28.6 Å². The van der Waals surface area contributed by atoms with Crippen molar-refractivity contribution in [3.05, 3.63) is 59.7 Å². The molecular formula is C21H18F2O6. The number of aromatic hydroxyl groups is 2. The first kappa shape index (κ1) is 21.6. The summed E-state index contributed by atoms with van der Waals surface area (Å²) < 4.78 is 33.7. The zero-order chi connectivity index (χ0) is 21.4. The number of halogens is 2. The predicted octanol–water partition coefficient (Wildman–Crippen LogP) is 3.96. The van der Waals surface area contributed by atoms with Gasteiger partial charge in [-0.2, -0.15) is 8.78 Å². The third kappa shape index (κ3) is 6.76. The van der Waals surface area contributed by atoms with Crippen LogP contribution in [-0.4, -0.2) is 35.5 Å². The number of ether oxygens (including phenoxy) is 2. The highest BCUT2D eigenvalue weighted by Crippen LogP contribution is 2.29. The SMILES string of the molecule is COc1cc(C=CC(=O)CC(=O)C=Cc2ccc(O)c(OC(F)F)c2)ccc1O. The van der Waals surface area contributed by atoms with E-state index < -0.39 is 29.7 Å². The van der Waals surface area contributed by atoms with Gasteiger partial charge in [0, 0.05) is 0 Å². The maximum absolute atomic E-state index is 12.3. The van der Waals surface area contributed by atoms with Crippen LogP contribution < -0.4 is 9.47 Å². The van der Waals surface area contributed by atoms with E-state index in [0.29, 0.717) is 11.1 Å². The van der Waals surface area contributed by atoms with Gasteiger partial charge >= 0.3 is 6.61 Å². The van der Waals surface area contributed by atoms with E-state index in [-0.39, 0.29) is 17.9 Å². The number of carbonyl (C=O) groups is 2. The topological polar surface area (TPSA) is 93.1 Å². The third-order valence-corrected chi connectivity index (χ3v) is 3.68. The molecule has 6 nitrogen and oxygen atoms in total. The number of allylic oxidation sites excluding steroid dienone is 2. The molecule has 0 fully saturated rings. The second-order valence-electron chi connectivity index (χ2n) is 5.81. The van der Waals surface area contributed by atoms with Crippen LogP contribution in [0.3, 0.4) is 0 Å². The Bertz CT molecular complexity index is 950. The van der Waals surface area contributed by atoms with Crippen LogP contribution in [0.15, 0.2) is 48.6 Å². The fraction of sp³-hybridized carbons (Fsp3) is 0.143. The van der Waals surface area contributed by atoms with Crippen LogP contribution in [0.5, 0.6) is 23.0 Å². The minimum Gasteiger partial charge on any atom is -0.504 e. The van der Waals surface area contributed by atoms with Gasteiger partial charge in [0.05, 0.1) is 13.5 Å². The number of alkyl halides is 2. The van der Waals surface area contributed by atoms with E-state index in [1.54, 1.807) is 6.07 Å². The normalized spacial score (nSPS) is 11.3. The van der Waals surface area contributed by atoms with Crippen molar-refractivity contribution < 1.29 is 38.1 Å². The van der Waals surface area contributed by atoms with Gasteiger partial charge in [-0.3, -0.25) is 9.59 Å². The number of benzene rings is 2. The average molecular weight is 404 g/mol. The highest BCUT2D eigenvalue weighted by Gasteiger charge is 2.10. The van der Waals surface area contributed by atoms with Gasteiger partial charge in [0.25, 0.3) is 0 Å². The van der Waals surface area contributed by atoms with E-state index in [1.165, 1.54) is 43.5 Å². The van der Waals surface area contributed by atoms with Gasteiger partial charge in [-0.15, -0.1) is 0 Å². The first-order chi connectivity index (χ1) is 13.8. The van der Waals surface area contributed by atoms with Crippen LogP contribution >= 0.6 is 0 Å². The lowest BCUT2D eigenvalue weighted by Crippen LogP contribution is -2.02. The zero-order valence-electron chi connectivity index (χ0n) is 15.3. The Labute approximate surface area is 165 Å². The lowest BCUT2D eigenvalue weighted by molar-refractivity contribution is -0.121. The van der Waals surface area contributed by atoms with Gasteiger partial charge in [-0.05, 0) is 47.5 Å². The molecule has 0 unspecified atom stereocenters. The summed E-state index contributed by atoms with van der Waals surface area (Å²) in [5.41, 5.74) is 0.942. The molecule has 0 aliphatic rings. The van der Waals surface area contributed by atoms with Crippen molar-refractivity contribution in [2.75, 3.05) is 7.11 Å². The number of rotatable bonds is 9. The molecule has 0 radical (unpaired) electrons. The smallest absolute Gasteiger partial charge is 0.387 e. The molecule has 2 rings (SSSR count). The molecule has 152 valence electrons. The van der Waals surface area contributed by atoms with Crippen molar-refractivity contribution in [1.29, 1.82) is 0 Å². The Kier molecular flexibility index (Phi) is 7.47. The Morgan fingerprint density at radius 3 is 1.90 bits per heavy atom.